The first kappa shape index (κ1) is 12.3. The molecule has 2 aromatic rings. The molecule has 1 atom stereocenters. The largest absolute Gasteiger partial charge is 0.356 e. The predicted octanol–water partition coefficient (Wildman–Crippen LogP) is 1.50. The van der Waals surface area contributed by atoms with Crippen LogP contribution in [0.15, 0.2) is 10.9 Å². The van der Waals surface area contributed by atoms with Crippen LogP contribution in [-0.2, 0) is 0 Å². The third-order valence-electron chi connectivity index (χ3n) is 3.85. The highest BCUT2D eigenvalue weighted by Gasteiger charge is 2.22. The maximum Gasteiger partial charge on any atom is 0.263 e. The van der Waals surface area contributed by atoms with E-state index in [1.807, 2.05) is 6.92 Å². The maximum atomic E-state index is 5.21. The fraction of sp³-hybridized carbons (Fsp3) is 0.615. The number of nitrogens with zero attached hydrogens (tertiary/aromatic N) is 4. The Morgan fingerprint density at radius 1 is 1.32 bits per heavy atom. The number of rotatable bonds is 2. The van der Waals surface area contributed by atoms with Crippen molar-refractivity contribution in [2.75, 3.05) is 25.0 Å². The van der Waals surface area contributed by atoms with Gasteiger partial charge in [0, 0.05) is 13.1 Å². The first-order valence-electron chi connectivity index (χ1n) is 6.78. The van der Waals surface area contributed by atoms with Crippen molar-refractivity contribution in [2.45, 2.75) is 32.2 Å². The fourth-order valence-corrected chi connectivity index (χ4v) is 2.73. The smallest absolute Gasteiger partial charge is 0.263 e. The van der Waals surface area contributed by atoms with Gasteiger partial charge in [-0.3, -0.25) is 0 Å². The molecule has 0 amide bonds. The van der Waals surface area contributed by atoms with E-state index >= 15 is 0 Å². The maximum absolute atomic E-state index is 5.21. The standard InChI is InChI=1S/C13H19N5O/c1-9-11-12(15-8-16-13(11)19-17-9)18(2)10-4-3-6-14-7-5-10/h8,10,14H,3-7H2,1-2H3. The number of anilines is 1. The number of aryl methyl sites for hydroxylation is 1. The Morgan fingerprint density at radius 3 is 3.11 bits per heavy atom. The van der Waals surface area contributed by atoms with Crippen LogP contribution in [0.2, 0.25) is 0 Å². The molecule has 1 N–H and O–H groups in total. The second-order valence-electron chi connectivity index (χ2n) is 5.09. The minimum atomic E-state index is 0.502. The summed E-state index contributed by atoms with van der Waals surface area (Å²) in [5, 5.41) is 8.36. The number of hydrogen-bond acceptors (Lipinski definition) is 6. The Bertz CT molecular complexity index is 559. The zero-order valence-corrected chi connectivity index (χ0v) is 11.4. The van der Waals surface area contributed by atoms with Crippen molar-refractivity contribution in [1.29, 1.82) is 0 Å². The van der Waals surface area contributed by atoms with E-state index in [1.54, 1.807) is 6.33 Å². The van der Waals surface area contributed by atoms with Crippen molar-refractivity contribution >= 4 is 16.9 Å². The lowest BCUT2D eigenvalue weighted by atomic mass is 10.1. The monoisotopic (exact) mass is 261 g/mol. The van der Waals surface area contributed by atoms with Gasteiger partial charge in [-0.25, -0.2) is 4.98 Å². The van der Waals surface area contributed by atoms with E-state index in [0.29, 0.717) is 11.8 Å². The second kappa shape index (κ2) is 5.13. The molecular weight excluding hydrogens is 242 g/mol. The van der Waals surface area contributed by atoms with Crippen LogP contribution in [0.25, 0.3) is 11.1 Å². The zero-order valence-electron chi connectivity index (χ0n) is 11.4. The van der Waals surface area contributed by atoms with Crippen molar-refractivity contribution in [1.82, 2.24) is 20.4 Å². The number of aromatic nitrogens is 3. The predicted molar refractivity (Wildman–Crippen MR) is 73.2 cm³/mol. The Kier molecular flexibility index (Phi) is 3.33. The van der Waals surface area contributed by atoms with E-state index in [-0.39, 0.29) is 0 Å². The molecule has 0 spiro atoms. The molecule has 1 unspecified atom stereocenters. The normalized spacial score (nSPS) is 20.4. The molecule has 0 saturated carbocycles. The Balaban J connectivity index is 1.96. The number of hydrogen-bond donors (Lipinski definition) is 1. The molecule has 1 fully saturated rings. The third kappa shape index (κ3) is 2.28. The Labute approximate surface area is 112 Å². The highest BCUT2D eigenvalue weighted by Crippen LogP contribution is 2.28. The van der Waals surface area contributed by atoms with Gasteiger partial charge in [-0.2, -0.15) is 4.98 Å². The summed E-state index contributed by atoms with van der Waals surface area (Å²) in [6.45, 7) is 4.10. The van der Waals surface area contributed by atoms with Gasteiger partial charge < -0.3 is 14.7 Å². The van der Waals surface area contributed by atoms with Gasteiger partial charge in [0.2, 0.25) is 0 Å². The van der Waals surface area contributed by atoms with Crippen molar-refractivity contribution in [2.24, 2.45) is 0 Å². The van der Waals surface area contributed by atoms with Crippen LogP contribution in [0, 0.1) is 6.92 Å². The quantitative estimate of drug-likeness (QED) is 0.883. The zero-order chi connectivity index (χ0) is 13.2. The van der Waals surface area contributed by atoms with Crippen LogP contribution in [0.4, 0.5) is 5.82 Å². The average molecular weight is 261 g/mol. The molecule has 0 aromatic carbocycles. The van der Waals surface area contributed by atoms with E-state index in [4.69, 9.17) is 4.52 Å². The van der Waals surface area contributed by atoms with Crippen LogP contribution in [-0.4, -0.2) is 41.3 Å². The molecule has 0 bridgehead atoms. The lowest BCUT2D eigenvalue weighted by Gasteiger charge is -2.28. The molecule has 1 saturated heterocycles. The second-order valence-corrected chi connectivity index (χ2v) is 5.09. The molecule has 2 aromatic heterocycles. The van der Waals surface area contributed by atoms with Crippen molar-refractivity contribution < 1.29 is 4.52 Å². The summed E-state index contributed by atoms with van der Waals surface area (Å²) in [5.41, 5.74) is 1.42. The van der Waals surface area contributed by atoms with Crippen molar-refractivity contribution in [3.8, 4) is 0 Å². The molecule has 1 aliphatic heterocycles. The van der Waals surface area contributed by atoms with Crippen LogP contribution < -0.4 is 10.2 Å². The summed E-state index contributed by atoms with van der Waals surface area (Å²) in [5.74, 6) is 0.927. The topological polar surface area (TPSA) is 67.1 Å². The van der Waals surface area contributed by atoms with E-state index in [2.05, 4.69) is 32.4 Å². The van der Waals surface area contributed by atoms with Crippen molar-refractivity contribution in [3.63, 3.8) is 0 Å². The molecule has 3 heterocycles. The van der Waals surface area contributed by atoms with E-state index < -0.39 is 0 Å². The summed E-state index contributed by atoms with van der Waals surface area (Å²) in [7, 11) is 2.10. The summed E-state index contributed by atoms with van der Waals surface area (Å²) in [6, 6.07) is 0.502. The van der Waals surface area contributed by atoms with Gasteiger partial charge in [0.15, 0.2) is 0 Å². The number of nitrogens with one attached hydrogen (secondary N) is 1. The molecule has 0 radical (unpaired) electrons. The molecule has 1 aliphatic rings. The van der Waals surface area contributed by atoms with Gasteiger partial charge in [-0.15, -0.1) is 0 Å². The summed E-state index contributed by atoms with van der Waals surface area (Å²) in [4.78, 5) is 10.8. The highest BCUT2D eigenvalue weighted by atomic mass is 16.5. The van der Waals surface area contributed by atoms with Crippen LogP contribution in [0.3, 0.4) is 0 Å². The van der Waals surface area contributed by atoms with Crippen LogP contribution >= 0.6 is 0 Å². The molecule has 19 heavy (non-hydrogen) atoms. The molecule has 0 aliphatic carbocycles. The van der Waals surface area contributed by atoms with Gasteiger partial charge >= 0.3 is 0 Å². The highest BCUT2D eigenvalue weighted by molar-refractivity contribution is 5.87. The SMILES string of the molecule is Cc1noc2ncnc(N(C)C3CCCNCC3)c12. The molecule has 102 valence electrons. The van der Waals surface area contributed by atoms with E-state index in [0.717, 1.165) is 36.4 Å². The van der Waals surface area contributed by atoms with Crippen molar-refractivity contribution in [3.05, 3.63) is 12.0 Å². The van der Waals surface area contributed by atoms with E-state index in [9.17, 15) is 0 Å². The average Bonchev–Trinajstić information content (AvgIpc) is 2.67. The summed E-state index contributed by atoms with van der Waals surface area (Å²) < 4.78 is 5.21. The lowest BCUT2D eigenvalue weighted by molar-refractivity contribution is 0.442. The van der Waals surface area contributed by atoms with Gasteiger partial charge in [0.25, 0.3) is 5.71 Å². The minimum Gasteiger partial charge on any atom is -0.356 e. The first-order valence-corrected chi connectivity index (χ1v) is 6.78. The Morgan fingerprint density at radius 2 is 2.21 bits per heavy atom. The molecule has 6 nitrogen and oxygen atoms in total. The lowest BCUT2D eigenvalue weighted by Crippen LogP contribution is -2.33. The van der Waals surface area contributed by atoms with E-state index in [1.165, 1.54) is 12.8 Å². The summed E-state index contributed by atoms with van der Waals surface area (Å²) in [6.07, 6.45) is 5.06. The summed E-state index contributed by atoms with van der Waals surface area (Å²) >= 11 is 0. The van der Waals surface area contributed by atoms with Crippen LogP contribution in [0.5, 0.6) is 0 Å². The van der Waals surface area contributed by atoms with Gasteiger partial charge in [0.05, 0.1) is 5.69 Å². The van der Waals surface area contributed by atoms with Gasteiger partial charge in [0.1, 0.15) is 17.5 Å². The minimum absolute atomic E-state index is 0.502. The number of fused-ring (bicyclic) bond motifs is 1. The molecule has 6 heteroatoms. The van der Waals surface area contributed by atoms with Gasteiger partial charge in [-0.1, -0.05) is 5.16 Å². The fourth-order valence-electron chi connectivity index (χ4n) is 2.73. The Hall–Kier alpha value is -1.69. The third-order valence-corrected chi connectivity index (χ3v) is 3.85. The molecular formula is C13H19N5O. The molecule has 3 rings (SSSR count). The van der Waals surface area contributed by atoms with Gasteiger partial charge in [-0.05, 0) is 39.3 Å². The van der Waals surface area contributed by atoms with Crippen LogP contribution in [0.1, 0.15) is 25.0 Å². The first-order chi connectivity index (χ1) is 9.27.